The highest BCUT2D eigenvalue weighted by Gasteiger charge is 2.01. The first-order chi connectivity index (χ1) is 8.40. The van der Waals surface area contributed by atoms with Gasteiger partial charge in [-0.15, -0.1) is 0 Å². The van der Waals surface area contributed by atoms with Gasteiger partial charge in [0.1, 0.15) is 6.42 Å². The molecule has 4 nitrogen and oxygen atoms in total. The molecule has 1 aromatic carbocycles. The second-order valence-corrected chi connectivity index (χ2v) is 3.94. The summed E-state index contributed by atoms with van der Waals surface area (Å²) >= 11 is 0. The molecule has 0 saturated heterocycles. The Morgan fingerprint density at radius 3 is 1.83 bits per heavy atom. The van der Waals surface area contributed by atoms with Crippen LogP contribution in [0.15, 0.2) is 18.2 Å². The second kappa shape index (κ2) is 8.28. The fraction of sp³-hybridized carbons (Fsp3) is 0.429. The first-order valence-corrected chi connectivity index (χ1v) is 5.92. The molecule has 0 aliphatic rings. The third-order valence-electron chi connectivity index (χ3n) is 2.43. The smallest absolute Gasteiger partial charge is 0.314 e. The highest BCUT2D eigenvalue weighted by atomic mass is 16.4. The van der Waals surface area contributed by atoms with E-state index in [9.17, 15) is 9.59 Å². The minimum absolute atomic E-state index is 0.806. The van der Waals surface area contributed by atoms with Crippen LogP contribution in [0.2, 0.25) is 0 Å². The molecule has 2 N–H and O–H groups in total. The zero-order valence-corrected chi connectivity index (χ0v) is 11.1. The van der Waals surface area contributed by atoms with E-state index in [1.54, 1.807) is 0 Å². The van der Waals surface area contributed by atoms with Gasteiger partial charge in [-0.25, -0.2) is 0 Å². The number of hydrogen-bond donors (Lipinski definition) is 2. The Morgan fingerprint density at radius 2 is 1.50 bits per heavy atom. The van der Waals surface area contributed by atoms with Crippen LogP contribution in [-0.2, 0) is 22.4 Å². The Bertz CT molecular complexity index is 398. The number of carboxylic acids is 2. The normalized spacial score (nSPS) is 9.28. The maximum atomic E-state index is 9.43. The van der Waals surface area contributed by atoms with Crippen LogP contribution in [-0.4, -0.2) is 22.2 Å². The van der Waals surface area contributed by atoms with Crippen molar-refractivity contribution < 1.29 is 19.8 Å². The average molecular weight is 252 g/mol. The molecule has 100 valence electrons. The van der Waals surface area contributed by atoms with Gasteiger partial charge in [0.05, 0.1) is 0 Å². The van der Waals surface area contributed by atoms with Gasteiger partial charge in [0, 0.05) is 0 Å². The summed E-state index contributed by atoms with van der Waals surface area (Å²) in [6.45, 7) is 6.58. The molecule has 0 unspecified atom stereocenters. The lowest BCUT2D eigenvalue weighted by molar-refractivity contribution is -0.147. The zero-order chi connectivity index (χ0) is 14.1. The molecule has 0 aliphatic heterocycles. The van der Waals surface area contributed by atoms with E-state index in [0.717, 1.165) is 12.8 Å². The molecular formula is C14H20O4. The third kappa shape index (κ3) is 6.68. The van der Waals surface area contributed by atoms with Crippen molar-refractivity contribution >= 4 is 11.9 Å². The molecule has 1 aromatic rings. The van der Waals surface area contributed by atoms with Crippen LogP contribution in [0.1, 0.15) is 37.0 Å². The molecule has 0 atom stereocenters. The molecule has 0 radical (unpaired) electrons. The van der Waals surface area contributed by atoms with Crippen LogP contribution < -0.4 is 0 Å². The standard InChI is InChI=1S/C11H16.C3H4O4/c1-4-10-7-6-9(3)8-11(10)5-2;4-2(5)1-3(6)7/h6-8H,4-5H2,1-3H3;1H2,(H,4,5)(H,6,7). The first-order valence-electron chi connectivity index (χ1n) is 5.92. The van der Waals surface area contributed by atoms with Gasteiger partial charge in [-0.3, -0.25) is 9.59 Å². The summed E-state index contributed by atoms with van der Waals surface area (Å²) in [7, 11) is 0. The van der Waals surface area contributed by atoms with Crippen LogP contribution in [0.4, 0.5) is 0 Å². The van der Waals surface area contributed by atoms with E-state index in [0.29, 0.717) is 0 Å². The summed E-state index contributed by atoms with van der Waals surface area (Å²) < 4.78 is 0. The Kier molecular flexibility index (Phi) is 7.43. The van der Waals surface area contributed by atoms with E-state index in [4.69, 9.17) is 10.2 Å². The van der Waals surface area contributed by atoms with Gasteiger partial charge in [0.25, 0.3) is 0 Å². The average Bonchev–Trinajstić information content (AvgIpc) is 2.27. The van der Waals surface area contributed by atoms with Crippen LogP contribution in [0.5, 0.6) is 0 Å². The minimum Gasteiger partial charge on any atom is -0.481 e. The van der Waals surface area contributed by atoms with Gasteiger partial charge < -0.3 is 10.2 Å². The second-order valence-electron chi connectivity index (χ2n) is 3.94. The minimum atomic E-state index is -1.31. The fourth-order valence-corrected chi connectivity index (χ4v) is 1.56. The van der Waals surface area contributed by atoms with Gasteiger partial charge in [0.2, 0.25) is 0 Å². The van der Waals surface area contributed by atoms with Gasteiger partial charge >= 0.3 is 11.9 Å². The molecule has 0 spiro atoms. The Balaban J connectivity index is 0.000000360. The van der Waals surface area contributed by atoms with Crippen molar-refractivity contribution in [2.75, 3.05) is 0 Å². The third-order valence-corrected chi connectivity index (χ3v) is 2.43. The fourth-order valence-electron chi connectivity index (χ4n) is 1.56. The van der Waals surface area contributed by atoms with Crippen molar-refractivity contribution in [2.45, 2.75) is 40.0 Å². The molecule has 4 heteroatoms. The number of aryl methyl sites for hydroxylation is 3. The van der Waals surface area contributed by atoms with Gasteiger partial charge in [-0.05, 0) is 30.9 Å². The van der Waals surface area contributed by atoms with E-state index in [-0.39, 0.29) is 0 Å². The molecule has 0 aliphatic carbocycles. The Morgan fingerprint density at radius 1 is 1.00 bits per heavy atom. The van der Waals surface area contributed by atoms with Crippen molar-refractivity contribution in [1.29, 1.82) is 0 Å². The van der Waals surface area contributed by atoms with Crippen molar-refractivity contribution in [3.05, 3.63) is 34.9 Å². The van der Waals surface area contributed by atoms with Crippen LogP contribution in [0, 0.1) is 6.92 Å². The first kappa shape index (κ1) is 16.2. The molecule has 0 saturated carbocycles. The number of benzene rings is 1. The summed E-state index contributed by atoms with van der Waals surface area (Å²) in [4.78, 5) is 18.9. The van der Waals surface area contributed by atoms with Crippen molar-refractivity contribution in [2.24, 2.45) is 0 Å². The number of aliphatic carboxylic acids is 2. The predicted molar refractivity (Wildman–Crippen MR) is 69.8 cm³/mol. The summed E-state index contributed by atoms with van der Waals surface area (Å²) in [6.07, 6.45) is 1.51. The molecule has 0 amide bonds. The Labute approximate surface area is 107 Å². The van der Waals surface area contributed by atoms with E-state index < -0.39 is 18.4 Å². The summed E-state index contributed by atoms with van der Waals surface area (Å²) in [5.41, 5.74) is 4.38. The lowest BCUT2D eigenvalue weighted by atomic mass is 10.0. The lowest BCUT2D eigenvalue weighted by Crippen LogP contribution is -2.03. The highest BCUT2D eigenvalue weighted by molar-refractivity contribution is 5.88. The van der Waals surface area contributed by atoms with Crippen molar-refractivity contribution in [1.82, 2.24) is 0 Å². The largest absolute Gasteiger partial charge is 0.481 e. The van der Waals surface area contributed by atoms with Crippen LogP contribution >= 0.6 is 0 Å². The van der Waals surface area contributed by atoms with Crippen molar-refractivity contribution in [3.63, 3.8) is 0 Å². The number of hydrogen-bond acceptors (Lipinski definition) is 2. The molecule has 0 fully saturated rings. The highest BCUT2D eigenvalue weighted by Crippen LogP contribution is 2.12. The molecule has 1 rings (SSSR count). The van der Waals surface area contributed by atoms with Gasteiger partial charge in [0.15, 0.2) is 0 Å². The molecule has 0 bridgehead atoms. The number of carbonyl (C=O) groups is 2. The topological polar surface area (TPSA) is 74.6 Å². The quantitative estimate of drug-likeness (QED) is 0.808. The Hall–Kier alpha value is -1.84. The maximum absolute atomic E-state index is 9.43. The number of carboxylic acid groups (broad SMARTS) is 2. The zero-order valence-electron chi connectivity index (χ0n) is 11.1. The van der Waals surface area contributed by atoms with E-state index in [2.05, 4.69) is 39.0 Å². The number of rotatable bonds is 4. The lowest BCUT2D eigenvalue weighted by Gasteiger charge is -2.05. The SMILES string of the molecule is CCc1ccc(C)cc1CC.O=C(O)CC(=O)O. The summed E-state index contributed by atoms with van der Waals surface area (Å²) in [6, 6.07) is 6.73. The van der Waals surface area contributed by atoms with Crippen LogP contribution in [0.25, 0.3) is 0 Å². The maximum Gasteiger partial charge on any atom is 0.314 e. The summed E-state index contributed by atoms with van der Waals surface area (Å²) in [5, 5.41) is 15.4. The van der Waals surface area contributed by atoms with Gasteiger partial charge in [-0.2, -0.15) is 0 Å². The molecule has 0 aromatic heterocycles. The van der Waals surface area contributed by atoms with E-state index in [1.807, 2.05) is 0 Å². The monoisotopic (exact) mass is 252 g/mol. The van der Waals surface area contributed by atoms with E-state index in [1.165, 1.54) is 16.7 Å². The molecule has 18 heavy (non-hydrogen) atoms. The van der Waals surface area contributed by atoms with Gasteiger partial charge in [-0.1, -0.05) is 37.6 Å². The predicted octanol–water partition coefficient (Wildman–Crippen LogP) is 2.67. The van der Waals surface area contributed by atoms with E-state index >= 15 is 0 Å². The van der Waals surface area contributed by atoms with Crippen molar-refractivity contribution in [3.8, 4) is 0 Å². The van der Waals surface area contributed by atoms with Crippen LogP contribution in [0.3, 0.4) is 0 Å². The summed E-state index contributed by atoms with van der Waals surface area (Å²) in [5.74, 6) is -2.62. The molecule has 0 heterocycles. The molecular weight excluding hydrogens is 232 g/mol.